The number of carbonyl (C=O) groups is 1. The third-order valence-electron chi connectivity index (χ3n) is 2.89. The van der Waals surface area contributed by atoms with Crippen LogP contribution in [0.5, 0.6) is 11.5 Å². The summed E-state index contributed by atoms with van der Waals surface area (Å²) >= 11 is 0. The van der Waals surface area contributed by atoms with Crippen LogP contribution in [0, 0.1) is 6.92 Å². The predicted octanol–water partition coefficient (Wildman–Crippen LogP) is 2.56. The monoisotopic (exact) mass is 248 g/mol. The van der Waals surface area contributed by atoms with Crippen molar-refractivity contribution in [3.05, 3.63) is 35.6 Å². The fourth-order valence-electron chi connectivity index (χ4n) is 2.07. The molecule has 0 bridgehead atoms. The van der Waals surface area contributed by atoms with E-state index in [1.54, 1.807) is 14.2 Å². The second kappa shape index (κ2) is 5.12. The molecule has 4 nitrogen and oxygen atoms in total. The Bertz CT molecular complexity index is 466. The first-order valence-corrected chi connectivity index (χ1v) is 5.73. The highest BCUT2D eigenvalue weighted by molar-refractivity contribution is 5.90. The van der Waals surface area contributed by atoms with Crippen LogP contribution in [0.25, 0.3) is 0 Å². The van der Waals surface area contributed by atoms with Gasteiger partial charge in [-0.25, -0.2) is 0 Å². The lowest BCUT2D eigenvalue weighted by atomic mass is 9.99. The van der Waals surface area contributed by atoms with E-state index < -0.39 is 0 Å². The Hall–Kier alpha value is -1.97. The molecule has 1 atom stereocenters. The van der Waals surface area contributed by atoms with E-state index in [-0.39, 0.29) is 11.9 Å². The summed E-state index contributed by atoms with van der Waals surface area (Å²) in [5, 5.41) is 0. The summed E-state index contributed by atoms with van der Waals surface area (Å²) in [6.07, 6.45) is 2.80. The number of carbonyl (C=O) groups excluding carboxylic acids is 1. The lowest BCUT2D eigenvalue weighted by Gasteiger charge is -2.23. The van der Waals surface area contributed by atoms with Crippen molar-refractivity contribution in [3.8, 4) is 11.5 Å². The number of hydrogen-bond donors (Lipinski definition) is 0. The molecular weight excluding hydrogens is 232 g/mol. The first-order valence-electron chi connectivity index (χ1n) is 5.73. The van der Waals surface area contributed by atoms with Gasteiger partial charge in [0.15, 0.2) is 5.78 Å². The van der Waals surface area contributed by atoms with Gasteiger partial charge in [0, 0.05) is 6.08 Å². The van der Waals surface area contributed by atoms with Crippen molar-refractivity contribution >= 4 is 5.78 Å². The Kier molecular flexibility index (Phi) is 3.55. The van der Waals surface area contributed by atoms with Crippen molar-refractivity contribution in [2.75, 3.05) is 14.2 Å². The van der Waals surface area contributed by atoms with Gasteiger partial charge in [-0.15, -0.1) is 0 Å². The van der Waals surface area contributed by atoms with E-state index in [4.69, 9.17) is 14.2 Å². The molecule has 1 unspecified atom stereocenters. The zero-order valence-corrected chi connectivity index (χ0v) is 10.7. The molecule has 0 radical (unpaired) electrons. The molecule has 96 valence electrons. The zero-order chi connectivity index (χ0) is 13.1. The standard InChI is InChI=1S/C14H16O4/c1-9-6-11(16-2)14(12(7-9)17-3)13-8-10(15)4-5-18-13/h4-7,13H,8H2,1-3H3. The number of ether oxygens (including phenoxy) is 3. The van der Waals surface area contributed by atoms with Crippen molar-refractivity contribution in [1.29, 1.82) is 0 Å². The van der Waals surface area contributed by atoms with E-state index >= 15 is 0 Å². The number of ketones is 1. The van der Waals surface area contributed by atoms with E-state index in [1.165, 1.54) is 12.3 Å². The number of rotatable bonds is 3. The summed E-state index contributed by atoms with van der Waals surface area (Å²) in [6, 6.07) is 3.81. The Morgan fingerprint density at radius 2 is 1.83 bits per heavy atom. The summed E-state index contributed by atoms with van der Waals surface area (Å²) in [5.41, 5.74) is 1.81. The molecule has 0 saturated carbocycles. The van der Waals surface area contributed by atoms with E-state index in [0.717, 1.165) is 11.1 Å². The summed E-state index contributed by atoms with van der Waals surface area (Å²) in [4.78, 5) is 11.5. The van der Waals surface area contributed by atoms with Crippen LogP contribution in [-0.2, 0) is 9.53 Å². The normalized spacial score (nSPS) is 18.4. The van der Waals surface area contributed by atoms with Gasteiger partial charge in [-0.2, -0.15) is 0 Å². The fourth-order valence-corrected chi connectivity index (χ4v) is 2.07. The maximum atomic E-state index is 11.5. The highest BCUT2D eigenvalue weighted by atomic mass is 16.5. The summed E-state index contributed by atoms with van der Waals surface area (Å²) in [5.74, 6) is 1.40. The van der Waals surface area contributed by atoms with E-state index in [1.807, 2.05) is 19.1 Å². The average molecular weight is 248 g/mol. The molecule has 1 aromatic rings. The van der Waals surface area contributed by atoms with Crippen molar-refractivity contribution in [2.24, 2.45) is 0 Å². The Labute approximate surface area is 106 Å². The highest BCUT2D eigenvalue weighted by Crippen LogP contribution is 2.39. The molecule has 0 amide bonds. The van der Waals surface area contributed by atoms with Gasteiger partial charge < -0.3 is 14.2 Å². The molecular formula is C14H16O4. The number of benzene rings is 1. The van der Waals surface area contributed by atoms with Gasteiger partial charge in [0.2, 0.25) is 0 Å². The SMILES string of the molecule is COc1cc(C)cc(OC)c1C1CC(=O)C=CO1. The van der Waals surface area contributed by atoms with Crippen LogP contribution in [0.4, 0.5) is 0 Å². The first-order chi connectivity index (χ1) is 8.65. The fraction of sp³-hybridized carbons (Fsp3) is 0.357. The van der Waals surface area contributed by atoms with Crippen LogP contribution in [0.1, 0.15) is 23.7 Å². The van der Waals surface area contributed by atoms with Crippen LogP contribution in [0.3, 0.4) is 0 Å². The van der Waals surface area contributed by atoms with E-state index in [9.17, 15) is 4.79 Å². The van der Waals surface area contributed by atoms with Gasteiger partial charge in [-0.3, -0.25) is 4.79 Å². The van der Waals surface area contributed by atoms with Crippen molar-refractivity contribution in [2.45, 2.75) is 19.4 Å². The summed E-state index contributed by atoms with van der Waals surface area (Å²) in [7, 11) is 3.19. The van der Waals surface area contributed by atoms with Crippen LogP contribution in [0.15, 0.2) is 24.5 Å². The van der Waals surface area contributed by atoms with Gasteiger partial charge in [0.05, 0.1) is 32.5 Å². The third kappa shape index (κ3) is 2.32. The van der Waals surface area contributed by atoms with Gasteiger partial charge in [-0.1, -0.05) is 0 Å². The summed E-state index contributed by atoms with van der Waals surface area (Å²) < 4.78 is 16.2. The molecule has 4 heteroatoms. The largest absolute Gasteiger partial charge is 0.496 e. The lowest BCUT2D eigenvalue weighted by Crippen LogP contribution is -2.13. The second-order valence-corrected chi connectivity index (χ2v) is 4.18. The third-order valence-corrected chi connectivity index (χ3v) is 2.89. The van der Waals surface area contributed by atoms with Gasteiger partial charge in [0.25, 0.3) is 0 Å². The molecule has 0 spiro atoms. The Balaban J connectivity index is 2.47. The zero-order valence-electron chi connectivity index (χ0n) is 10.7. The predicted molar refractivity (Wildman–Crippen MR) is 66.9 cm³/mol. The molecule has 18 heavy (non-hydrogen) atoms. The minimum Gasteiger partial charge on any atom is -0.496 e. The molecule has 1 aliphatic rings. The highest BCUT2D eigenvalue weighted by Gasteiger charge is 2.26. The molecule has 0 saturated heterocycles. The van der Waals surface area contributed by atoms with Crippen molar-refractivity contribution in [3.63, 3.8) is 0 Å². The van der Waals surface area contributed by atoms with E-state index in [2.05, 4.69) is 0 Å². The molecule has 1 heterocycles. The van der Waals surface area contributed by atoms with Gasteiger partial charge in [-0.05, 0) is 24.6 Å². The van der Waals surface area contributed by atoms with Crippen LogP contribution >= 0.6 is 0 Å². The Morgan fingerprint density at radius 3 is 2.33 bits per heavy atom. The molecule has 2 rings (SSSR count). The number of methoxy groups -OCH3 is 2. The molecule has 1 aliphatic heterocycles. The van der Waals surface area contributed by atoms with Crippen molar-refractivity contribution in [1.82, 2.24) is 0 Å². The molecule has 0 fully saturated rings. The quantitative estimate of drug-likeness (QED) is 0.824. The van der Waals surface area contributed by atoms with Crippen LogP contribution in [-0.4, -0.2) is 20.0 Å². The lowest BCUT2D eigenvalue weighted by molar-refractivity contribution is -0.118. The number of hydrogen-bond acceptors (Lipinski definition) is 4. The first kappa shape index (κ1) is 12.5. The molecule has 0 aliphatic carbocycles. The Morgan fingerprint density at radius 1 is 1.22 bits per heavy atom. The maximum Gasteiger partial charge on any atom is 0.162 e. The maximum absolute atomic E-state index is 11.5. The minimum absolute atomic E-state index is 0.0379. The van der Waals surface area contributed by atoms with Crippen LogP contribution < -0.4 is 9.47 Å². The number of aryl methyl sites for hydroxylation is 1. The van der Waals surface area contributed by atoms with E-state index in [0.29, 0.717) is 17.9 Å². The van der Waals surface area contributed by atoms with Crippen molar-refractivity contribution < 1.29 is 19.0 Å². The average Bonchev–Trinajstić information content (AvgIpc) is 2.37. The number of allylic oxidation sites excluding steroid dienone is 1. The molecule has 1 aromatic carbocycles. The summed E-state index contributed by atoms with van der Waals surface area (Å²) in [6.45, 7) is 1.96. The second-order valence-electron chi connectivity index (χ2n) is 4.18. The van der Waals surface area contributed by atoms with Gasteiger partial charge >= 0.3 is 0 Å². The topological polar surface area (TPSA) is 44.8 Å². The van der Waals surface area contributed by atoms with Crippen LogP contribution in [0.2, 0.25) is 0 Å². The van der Waals surface area contributed by atoms with Gasteiger partial charge in [0.1, 0.15) is 17.6 Å². The molecule has 0 N–H and O–H groups in total. The minimum atomic E-state index is -0.354. The smallest absolute Gasteiger partial charge is 0.162 e. The molecule has 0 aromatic heterocycles.